The molecule has 7 nitrogen and oxygen atoms in total. The first-order chi connectivity index (χ1) is 11.9. The van der Waals surface area contributed by atoms with Crippen LogP contribution in [-0.4, -0.2) is 43.6 Å². The van der Waals surface area contributed by atoms with Gasteiger partial charge >= 0.3 is 5.97 Å². The fourth-order valence-electron chi connectivity index (χ4n) is 2.28. The summed E-state index contributed by atoms with van der Waals surface area (Å²) >= 11 is 0. The van der Waals surface area contributed by atoms with Crippen LogP contribution in [0.2, 0.25) is 0 Å². The molecule has 0 radical (unpaired) electrons. The zero-order valence-electron chi connectivity index (χ0n) is 14.8. The van der Waals surface area contributed by atoms with Crippen molar-refractivity contribution in [1.29, 1.82) is 0 Å². The van der Waals surface area contributed by atoms with Gasteiger partial charge in [-0.2, -0.15) is 0 Å². The van der Waals surface area contributed by atoms with E-state index in [0.29, 0.717) is 17.4 Å². The summed E-state index contributed by atoms with van der Waals surface area (Å²) in [7, 11) is 0. The monoisotopic (exact) mass is 348 g/mol. The Kier molecular flexibility index (Phi) is 6.38. The van der Waals surface area contributed by atoms with Crippen molar-refractivity contribution in [2.75, 3.05) is 24.7 Å². The number of nitrogens with one attached hydrogen (secondary N) is 1. The standard InChI is InChI=1S/C18H24N2O5/c1-12(2)13(3)19-16(21)10-25-18(23)8-9-20-14-6-4-5-7-15(14)24-11-17(20)22/h4-7,12-13H,8-11H2,1-3H3,(H,19,21). The molecule has 7 heteroatoms. The lowest BCUT2D eigenvalue weighted by molar-refractivity contribution is -0.148. The van der Waals surface area contributed by atoms with Crippen LogP contribution < -0.4 is 15.0 Å². The molecule has 1 heterocycles. The average Bonchev–Trinajstić information content (AvgIpc) is 2.59. The molecular weight excluding hydrogens is 324 g/mol. The Bertz CT molecular complexity index is 644. The summed E-state index contributed by atoms with van der Waals surface area (Å²) < 4.78 is 10.3. The maximum Gasteiger partial charge on any atom is 0.308 e. The molecule has 0 saturated carbocycles. The fraction of sp³-hybridized carbons (Fsp3) is 0.500. The largest absolute Gasteiger partial charge is 0.482 e. The van der Waals surface area contributed by atoms with Gasteiger partial charge in [-0.15, -0.1) is 0 Å². The van der Waals surface area contributed by atoms with E-state index >= 15 is 0 Å². The van der Waals surface area contributed by atoms with E-state index < -0.39 is 5.97 Å². The zero-order chi connectivity index (χ0) is 18.4. The van der Waals surface area contributed by atoms with E-state index in [1.54, 1.807) is 18.2 Å². The third-order valence-corrected chi connectivity index (χ3v) is 4.10. The van der Waals surface area contributed by atoms with Crippen LogP contribution in [0, 0.1) is 5.92 Å². The number of rotatable bonds is 7. The molecule has 25 heavy (non-hydrogen) atoms. The number of nitrogens with zero attached hydrogens (tertiary/aromatic N) is 1. The molecule has 1 unspecified atom stereocenters. The topological polar surface area (TPSA) is 84.9 Å². The highest BCUT2D eigenvalue weighted by Crippen LogP contribution is 2.31. The fourth-order valence-corrected chi connectivity index (χ4v) is 2.28. The van der Waals surface area contributed by atoms with Crippen molar-refractivity contribution in [3.8, 4) is 5.75 Å². The summed E-state index contributed by atoms with van der Waals surface area (Å²) in [5.41, 5.74) is 0.634. The second-order valence-electron chi connectivity index (χ2n) is 6.31. The van der Waals surface area contributed by atoms with Crippen molar-refractivity contribution in [2.24, 2.45) is 5.92 Å². The van der Waals surface area contributed by atoms with Crippen LogP contribution in [0.25, 0.3) is 0 Å². The molecule has 1 aromatic carbocycles. The lowest BCUT2D eigenvalue weighted by Crippen LogP contribution is -2.41. The summed E-state index contributed by atoms with van der Waals surface area (Å²) in [4.78, 5) is 37.1. The van der Waals surface area contributed by atoms with Crippen molar-refractivity contribution in [3.63, 3.8) is 0 Å². The van der Waals surface area contributed by atoms with Crippen LogP contribution in [-0.2, 0) is 19.1 Å². The van der Waals surface area contributed by atoms with Crippen molar-refractivity contribution < 1.29 is 23.9 Å². The number of para-hydroxylation sites is 2. The Labute approximate surface area is 147 Å². The Hall–Kier alpha value is -2.57. The number of amides is 2. The number of ether oxygens (including phenoxy) is 2. The first-order valence-electron chi connectivity index (χ1n) is 8.35. The molecule has 0 aromatic heterocycles. The molecule has 0 saturated heterocycles. The van der Waals surface area contributed by atoms with Gasteiger partial charge in [-0.25, -0.2) is 0 Å². The normalized spacial score (nSPS) is 14.6. The summed E-state index contributed by atoms with van der Waals surface area (Å²) in [5, 5.41) is 2.76. The molecule has 2 amide bonds. The summed E-state index contributed by atoms with van der Waals surface area (Å²) in [6.07, 6.45) is 0.00703. The molecule has 0 bridgehead atoms. The number of anilines is 1. The van der Waals surface area contributed by atoms with Crippen LogP contribution in [0.5, 0.6) is 5.75 Å². The van der Waals surface area contributed by atoms with Gasteiger partial charge in [-0.1, -0.05) is 26.0 Å². The molecule has 0 spiro atoms. The van der Waals surface area contributed by atoms with E-state index in [1.165, 1.54) is 4.90 Å². The van der Waals surface area contributed by atoms with Gasteiger partial charge in [0.2, 0.25) is 0 Å². The lowest BCUT2D eigenvalue weighted by atomic mass is 10.1. The van der Waals surface area contributed by atoms with E-state index in [0.717, 1.165) is 0 Å². The number of carbonyl (C=O) groups is 3. The average molecular weight is 348 g/mol. The van der Waals surface area contributed by atoms with Gasteiger partial charge in [-0.05, 0) is 25.0 Å². The predicted molar refractivity (Wildman–Crippen MR) is 92.3 cm³/mol. The summed E-state index contributed by atoms with van der Waals surface area (Å²) in [6, 6.07) is 7.16. The predicted octanol–water partition coefficient (Wildman–Crippen LogP) is 1.51. The molecule has 1 N–H and O–H groups in total. The van der Waals surface area contributed by atoms with Gasteiger partial charge in [-0.3, -0.25) is 14.4 Å². The third kappa shape index (κ3) is 5.20. The highest BCUT2D eigenvalue weighted by atomic mass is 16.5. The van der Waals surface area contributed by atoms with E-state index in [4.69, 9.17) is 9.47 Å². The minimum atomic E-state index is -0.524. The highest BCUT2D eigenvalue weighted by molar-refractivity contribution is 5.98. The van der Waals surface area contributed by atoms with Crippen LogP contribution in [0.1, 0.15) is 27.2 Å². The van der Waals surface area contributed by atoms with Crippen LogP contribution >= 0.6 is 0 Å². The summed E-state index contributed by atoms with van der Waals surface area (Å²) in [5.74, 6) is -0.161. The molecule has 2 rings (SSSR count). The Morgan fingerprint density at radius 2 is 2.00 bits per heavy atom. The number of hydrogen-bond donors (Lipinski definition) is 1. The highest BCUT2D eigenvalue weighted by Gasteiger charge is 2.25. The molecule has 1 aromatic rings. The van der Waals surface area contributed by atoms with E-state index in [9.17, 15) is 14.4 Å². The number of fused-ring (bicyclic) bond motifs is 1. The van der Waals surface area contributed by atoms with Crippen molar-refractivity contribution in [3.05, 3.63) is 24.3 Å². The number of hydrogen-bond acceptors (Lipinski definition) is 5. The second kappa shape index (κ2) is 8.50. The molecule has 1 aliphatic heterocycles. The number of esters is 1. The van der Waals surface area contributed by atoms with Gasteiger partial charge in [0, 0.05) is 12.6 Å². The SMILES string of the molecule is CC(C)C(C)NC(=O)COC(=O)CCN1C(=O)COc2ccccc21. The number of benzene rings is 1. The maximum atomic E-state index is 12.0. The molecule has 1 aliphatic rings. The molecular formula is C18H24N2O5. The minimum Gasteiger partial charge on any atom is -0.482 e. The Morgan fingerprint density at radius 3 is 2.72 bits per heavy atom. The molecule has 1 atom stereocenters. The number of carbonyl (C=O) groups excluding carboxylic acids is 3. The van der Waals surface area contributed by atoms with Gasteiger partial charge in [0.1, 0.15) is 5.75 Å². The van der Waals surface area contributed by atoms with Gasteiger partial charge in [0.25, 0.3) is 11.8 Å². The molecule has 0 fully saturated rings. The van der Waals surface area contributed by atoms with E-state index in [1.807, 2.05) is 26.8 Å². The zero-order valence-corrected chi connectivity index (χ0v) is 14.8. The first-order valence-corrected chi connectivity index (χ1v) is 8.35. The van der Waals surface area contributed by atoms with Gasteiger partial charge in [0.15, 0.2) is 13.2 Å². The Morgan fingerprint density at radius 1 is 1.28 bits per heavy atom. The maximum absolute atomic E-state index is 12.0. The van der Waals surface area contributed by atoms with E-state index in [-0.39, 0.29) is 44.0 Å². The second-order valence-corrected chi connectivity index (χ2v) is 6.31. The van der Waals surface area contributed by atoms with Crippen molar-refractivity contribution in [1.82, 2.24) is 5.32 Å². The smallest absolute Gasteiger partial charge is 0.308 e. The quantitative estimate of drug-likeness (QED) is 0.755. The van der Waals surface area contributed by atoms with Crippen molar-refractivity contribution >= 4 is 23.5 Å². The third-order valence-electron chi connectivity index (χ3n) is 4.10. The first kappa shape index (κ1) is 18.8. The van der Waals surface area contributed by atoms with E-state index in [2.05, 4.69) is 5.32 Å². The summed E-state index contributed by atoms with van der Waals surface area (Å²) in [6.45, 7) is 5.70. The van der Waals surface area contributed by atoms with Crippen molar-refractivity contribution in [2.45, 2.75) is 33.2 Å². The lowest BCUT2D eigenvalue weighted by Gasteiger charge is -2.28. The minimum absolute atomic E-state index is 0.00703. The van der Waals surface area contributed by atoms with Crippen LogP contribution in [0.3, 0.4) is 0 Å². The van der Waals surface area contributed by atoms with Gasteiger partial charge in [0.05, 0.1) is 12.1 Å². The Balaban J connectivity index is 1.80. The molecule has 0 aliphatic carbocycles. The van der Waals surface area contributed by atoms with Crippen LogP contribution in [0.15, 0.2) is 24.3 Å². The van der Waals surface area contributed by atoms with Crippen LogP contribution in [0.4, 0.5) is 5.69 Å². The van der Waals surface area contributed by atoms with Gasteiger partial charge < -0.3 is 19.7 Å². The molecule has 136 valence electrons.